The molecular weight excluding hydrogens is 514 g/mol. The molecule has 0 spiro atoms. The van der Waals surface area contributed by atoms with E-state index in [1.54, 1.807) is 9.80 Å². The van der Waals surface area contributed by atoms with Gasteiger partial charge in [0.2, 0.25) is 5.91 Å². The normalized spacial score (nSPS) is 16.1. The van der Waals surface area contributed by atoms with Crippen molar-refractivity contribution in [2.45, 2.75) is 12.0 Å². The van der Waals surface area contributed by atoms with Crippen LogP contribution < -0.4 is 4.90 Å². The molecule has 0 bridgehead atoms. The second-order valence-corrected chi connectivity index (χ2v) is 10.2. The van der Waals surface area contributed by atoms with Gasteiger partial charge in [-0.1, -0.05) is 109 Å². The molecule has 4 aromatic rings. The summed E-state index contributed by atoms with van der Waals surface area (Å²) < 4.78 is 0. The highest BCUT2D eigenvalue weighted by atomic mass is 16.4. The molecule has 0 aromatic heterocycles. The minimum absolute atomic E-state index is 0.104. The third-order valence-electron chi connectivity index (χ3n) is 7.72. The number of piperazine rings is 1. The molecule has 1 fully saturated rings. The predicted molar refractivity (Wildman–Crippen MR) is 159 cm³/mol. The molecule has 2 aliphatic heterocycles. The van der Waals surface area contributed by atoms with Gasteiger partial charge in [0.1, 0.15) is 6.04 Å². The Morgan fingerprint density at radius 3 is 1.66 bits per heavy atom. The van der Waals surface area contributed by atoms with Crippen LogP contribution in [0.25, 0.3) is 12.2 Å². The van der Waals surface area contributed by atoms with E-state index < -0.39 is 17.9 Å². The zero-order chi connectivity index (χ0) is 28.3. The van der Waals surface area contributed by atoms with Crippen LogP contribution in [0.4, 0.5) is 16.2 Å². The number of carbonyl (C=O) groups excluding carboxylic acids is 2. The zero-order valence-electron chi connectivity index (χ0n) is 22.3. The van der Waals surface area contributed by atoms with E-state index >= 15 is 0 Å². The first kappa shape index (κ1) is 26.1. The van der Waals surface area contributed by atoms with E-state index in [1.807, 2.05) is 121 Å². The van der Waals surface area contributed by atoms with Crippen molar-refractivity contribution >= 4 is 41.4 Å². The molecule has 1 N–H and O–H groups in total. The number of amides is 3. The van der Waals surface area contributed by atoms with Crippen LogP contribution in [0.1, 0.15) is 28.2 Å². The molecule has 1 atom stereocenters. The molecule has 204 valence electrons. The topological polar surface area (TPSA) is 81.2 Å². The van der Waals surface area contributed by atoms with E-state index in [1.165, 1.54) is 4.90 Å². The molecule has 0 aliphatic carbocycles. The van der Waals surface area contributed by atoms with Crippen molar-refractivity contribution in [3.8, 4) is 0 Å². The van der Waals surface area contributed by atoms with Gasteiger partial charge in [0, 0.05) is 13.1 Å². The number of aliphatic carboxylic acids is 1. The quantitative estimate of drug-likeness (QED) is 0.350. The van der Waals surface area contributed by atoms with Crippen LogP contribution in [0.15, 0.2) is 109 Å². The van der Waals surface area contributed by atoms with Gasteiger partial charge in [0.05, 0.1) is 23.8 Å². The van der Waals surface area contributed by atoms with Gasteiger partial charge in [-0.05, 0) is 34.4 Å². The molecule has 0 saturated carbocycles. The summed E-state index contributed by atoms with van der Waals surface area (Å²) >= 11 is 0. The van der Waals surface area contributed by atoms with Gasteiger partial charge in [-0.15, -0.1) is 0 Å². The molecule has 2 heterocycles. The lowest BCUT2D eigenvalue weighted by Gasteiger charge is -2.42. The molecule has 4 aromatic carbocycles. The molecule has 6 rings (SSSR count). The standard InChI is InChI=1S/C34H29N3O4/c38-32(31(26-13-3-1-4-14-26)27-15-5-2-6-16-27)36-22-21-35(23-30(36)33(39)40)34(41)37-28-17-9-7-11-24(28)19-20-25-12-8-10-18-29(25)37/h1-20,30-31H,21-23H2,(H,39,40)/t30-/m0/s1. The number of rotatable bonds is 4. The first-order valence-electron chi connectivity index (χ1n) is 13.6. The number of benzene rings is 4. The molecule has 0 radical (unpaired) electrons. The van der Waals surface area contributed by atoms with E-state index in [2.05, 4.69) is 0 Å². The molecule has 3 amide bonds. The number of carbonyl (C=O) groups is 3. The van der Waals surface area contributed by atoms with Crippen LogP contribution in [0, 0.1) is 0 Å². The van der Waals surface area contributed by atoms with Crippen LogP contribution >= 0.6 is 0 Å². The van der Waals surface area contributed by atoms with Crippen molar-refractivity contribution in [1.82, 2.24) is 9.80 Å². The molecular formula is C34H29N3O4. The Bertz CT molecular complexity index is 1530. The average Bonchev–Trinajstić information content (AvgIpc) is 3.18. The van der Waals surface area contributed by atoms with E-state index in [-0.39, 0.29) is 31.6 Å². The lowest BCUT2D eigenvalue weighted by Crippen LogP contribution is -2.61. The minimum atomic E-state index is -1.19. The van der Waals surface area contributed by atoms with Crippen molar-refractivity contribution < 1.29 is 19.5 Å². The summed E-state index contributed by atoms with van der Waals surface area (Å²) in [4.78, 5) is 45.5. The number of carboxylic acid groups (broad SMARTS) is 1. The number of hydrogen-bond donors (Lipinski definition) is 1. The second-order valence-electron chi connectivity index (χ2n) is 10.2. The monoisotopic (exact) mass is 543 g/mol. The third kappa shape index (κ3) is 4.98. The summed E-state index contributed by atoms with van der Waals surface area (Å²) in [6.07, 6.45) is 3.96. The van der Waals surface area contributed by atoms with Gasteiger partial charge in [-0.25, -0.2) is 9.59 Å². The Hall–Kier alpha value is -5.17. The van der Waals surface area contributed by atoms with Crippen molar-refractivity contribution in [2.75, 3.05) is 24.5 Å². The van der Waals surface area contributed by atoms with Gasteiger partial charge in [0.15, 0.2) is 0 Å². The largest absolute Gasteiger partial charge is 0.480 e. The van der Waals surface area contributed by atoms with Crippen molar-refractivity contribution in [1.29, 1.82) is 0 Å². The maximum Gasteiger partial charge on any atom is 0.329 e. The first-order valence-corrected chi connectivity index (χ1v) is 13.6. The Morgan fingerprint density at radius 2 is 1.15 bits per heavy atom. The molecule has 7 nitrogen and oxygen atoms in total. The Morgan fingerprint density at radius 1 is 0.659 bits per heavy atom. The summed E-state index contributed by atoms with van der Waals surface area (Å²) in [5.74, 6) is -2.09. The maximum atomic E-state index is 14.2. The van der Waals surface area contributed by atoms with E-state index in [0.717, 1.165) is 33.6 Å². The molecule has 1 saturated heterocycles. The average molecular weight is 544 g/mol. The highest BCUT2D eigenvalue weighted by Gasteiger charge is 2.41. The summed E-state index contributed by atoms with van der Waals surface area (Å²) in [5.41, 5.74) is 4.78. The number of anilines is 2. The number of nitrogens with zero attached hydrogens (tertiary/aromatic N) is 3. The number of urea groups is 1. The molecule has 2 aliphatic rings. The lowest BCUT2D eigenvalue weighted by atomic mass is 9.89. The summed E-state index contributed by atoms with van der Waals surface area (Å²) in [6.45, 7) is 0.191. The van der Waals surface area contributed by atoms with Crippen molar-refractivity contribution in [3.63, 3.8) is 0 Å². The number of para-hydroxylation sites is 2. The highest BCUT2D eigenvalue weighted by Crippen LogP contribution is 2.37. The van der Waals surface area contributed by atoms with Crippen LogP contribution in [0.5, 0.6) is 0 Å². The van der Waals surface area contributed by atoms with Gasteiger partial charge >= 0.3 is 12.0 Å². The SMILES string of the molecule is O=C(O)[C@@H]1CN(C(=O)N2c3ccccc3C=Cc3ccccc32)CCN1C(=O)C(c1ccccc1)c1ccccc1. The Kier molecular flexibility index (Phi) is 7.08. The zero-order valence-corrected chi connectivity index (χ0v) is 22.3. The first-order chi connectivity index (χ1) is 20.0. The van der Waals surface area contributed by atoms with E-state index in [9.17, 15) is 19.5 Å². The summed E-state index contributed by atoms with van der Waals surface area (Å²) in [7, 11) is 0. The van der Waals surface area contributed by atoms with Gasteiger partial charge in [-0.3, -0.25) is 9.69 Å². The van der Waals surface area contributed by atoms with Crippen LogP contribution in [-0.4, -0.2) is 58.5 Å². The van der Waals surface area contributed by atoms with Gasteiger partial charge < -0.3 is 14.9 Å². The van der Waals surface area contributed by atoms with Crippen LogP contribution in [0.3, 0.4) is 0 Å². The maximum absolute atomic E-state index is 14.2. The van der Waals surface area contributed by atoms with Crippen molar-refractivity contribution in [2.24, 2.45) is 0 Å². The number of hydrogen-bond acceptors (Lipinski definition) is 3. The van der Waals surface area contributed by atoms with Crippen molar-refractivity contribution in [3.05, 3.63) is 131 Å². The summed E-state index contributed by atoms with van der Waals surface area (Å²) in [5, 5.41) is 10.3. The highest BCUT2D eigenvalue weighted by molar-refractivity contribution is 6.06. The third-order valence-corrected chi connectivity index (χ3v) is 7.72. The number of carboxylic acids is 1. The Labute approximate surface area is 238 Å². The fourth-order valence-corrected chi connectivity index (χ4v) is 5.69. The van der Waals surface area contributed by atoms with Gasteiger partial charge in [0.25, 0.3) is 0 Å². The van der Waals surface area contributed by atoms with E-state index in [0.29, 0.717) is 0 Å². The number of fused-ring (bicyclic) bond motifs is 2. The molecule has 41 heavy (non-hydrogen) atoms. The minimum Gasteiger partial charge on any atom is -0.480 e. The lowest BCUT2D eigenvalue weighted by molar-refractivity contribution is -0.153. The smallest absolute Gasteiger partial charge is 0.329 e. The molecule has 0 unspecified atom stereocenters. The van der Waals surface area contributed by atoms with E-state index in [4.69, 9.17) is 0 Å². The Balaban J connectivity index is 1.32. The fourth-order valence-electron chi connectivity index (χ4n) is 5.69. The summed E-state index contributed by atoms with van der Waals surface area (Å²) in [6, 6.07) is 32.5. The van der Waals surface area contributed by atoms with Gasteiger partial charge in [-0.2, -0.15) is 0 Å². The second kappa shape index (κ2) is 11.1. The fraction of sp³-hybridized carbons (Fsp3) is 0.147. The van der Waals surface area contributed by atoms with Crippen LogP contribution in [-0.2, 0) is 9.59 Å². The van der Waals surface area contributed by atoms with Crippen LogP contribution in [0.2, 0.25) is 0 Å². The molecule has 7 heteroatoms. The predicted octanol–water partition coefficient (Wildman–Crippen LogP) is 5.86.